The number of hydrogen-bond donors (Lipinski definition) is 1. The second-order valence-electron chi connectivity index (χ2n) is 8.53. The first-order chi connectivity index (χ1) is 14.5. The average molecular weight is 460 g/mol. The van der Waals surface area contributed by atoms with E-state index >= 15 is 0 Å². The zero-order chi connectivity index (χ0) is 24.5. The van der Waals surface area contributed by atoms with Crippen molar-refractivity contribution >= 4 is 23.8 Å². The highest BCUT2D eigenvalue weighted by Gasteiger charge is 2.49. The Kier molecular flexibility index (Phi) is 6.86. The summed E-state index contributed by atoms with van der Waals surface area (Å²) >= 11 is 0. The van der Waals surface area contributed by atoms with Gasteiger partial charge in [0.05, 0.1) is 6.04 Å². The molecule has 0 spiro atoms. The van der Waals surface area contributed by atoms with Gasteiger partial charge < -0.3 is 19.5 Å². The Hall–Kier alpha value is -3.18. The largest absolute Gasteiger partial charge is 0.444 e. The van der Waals surface area contributed by atoms with Gasteiger partial charge in [-0.05, 0) is 32.4 Å². The van der Waals surface area contributed by atoms with E-state index in [0.717, 1.165) is 12.3 Å². The van der Waals surface area contributed by atoms with Crippen LogP contribution in [0.3, 0.4) is 0 Å². The Balaban J connectivity index is 2.29. The minimum atomic E-state index is -4.66. The Bertz CT molecular complexity index is 885. The molecule has 9 nitrogen and oxygen atoms in total. The number of alkyl halides is 3. The first-order valence-corrected chi connectivity index (χ1v) is 9.49. The summed E-state index contributed by atoms with van der Waals surface area (Å²) in [5.74, 6) is -6.96. The zero-order valence-electron chi connectivity index (χ0n) is 18.0. The van der Waals surface area contributed by atoms with E-state index in [1.165, 1.54) is 13.8 Å². The molecule has 1 amide bonds. The number of alkyl carbamates (subject to hydrolysis) is 1. The summed E-state index contributed by atoms with van der Waals surface area (Å²) in [6.07, 6.45) is -5.19. The van der Waals surface area contributed by atoms with Gasteiger partial charge in [-0.1, -0.05) is 6.07 Å². The standard InChI is InChI=1S/C20H23F3N2O7/c1-18(2,3)32-17(29)25-11(8-10-6-7-12(24-9-10)20(21,22)23)14(26)13-15(27)30-19(4,5)31-16(13)28/h6-7,9,11,13H,8H2,1-5H3,(H,25,29). The predicted octanol–water partition coefficient (Wildman–Crippen LogP) is 2.56. The van der Waals surface area contributed by atoms with Gasteiger partial charge in [-0.15, -0.1) is 0 Å². The number of nitrogens with one attached hydrogen (secondary N) is 1. The molecule has 0 aromatic carbocycles. The molecule has 0 aliphatic carbocycles. The molecule has 1 N–H and O–H groups in total. The number of esters is 2. The molecule has 1 atom stereocenters. The quantitative estimate of drug-likeness (QED) is 0.526. The lowest BCUT2D eigenvalue weighted by atomic mass is 9.93. The number of Topliss-reactive ketones (excluding diaryl/α,β-unsaturated/α-hetero) is 1. The number of rotatable bonds is 5. The van der Waals surface area contributed by atoms with Crippen LogP contribution in [-0.2, 0) is 41.2 Å². The topological polar surface area (TPSA) is 121 Å². The molecule has 1 fully saturated rings. The Morgan fingerprint density at radius 3 is 2.16 bits per heavy atom. The molecule has 1 aliphatic heterocycles. The third-order valence-electron chi connectivity index (χ3n) is 4.04. The van der Waals surface area contributed by atoms with E-state index in [-0.39, 0.29) is 12.0 Å². The highest BCUT2D eigenvalue weighted by Crippen LogP contribution is 2.28. The van der Waals surface area contributed by atoms with Crippen LogP contribution in [0.1, 0.15) is 45.9 Å². The van der Waals surface area contributed by atoms with E-state index in [1.54, 1.807) is 20.8 Å². The molecule has 0 bridgehead atoms. The van der Waals surface area contributed by atoms with Gasteiger partial charge in [0, 0.05) is 26.5 Å². The molecule has 1 saturated heterocycles. The average Bonchev–Trinajstić information content (AvgIpc) is 2.57. The first-order valence-electron chi connectivity index (χ1n) is 9.49. The maximum Gasteiger partial charge on any atom is 0.433 e. The third-order valence-corrected chi connectivity index (χ3v) is 4.04. The van der Waals surface area contributed by atoms with Crippen LogP contribution >= 0.6 is 0 Å². The fourth-order valence-electron chi connectivity index (χ4n) is 2.77. The van der Waals surface area contributed by atoms with Crippen molar-refractivity contribution in [2.45, 2.75) is 64.6 Å². The number of ether oxygens (including phenoxy) is 3. The van der Waals surface area contributed by atoms with Gasteiger partial charge in [0.25, 0.3) is 5.79 Å². The number of carbonyl (C=O) groups excluding carboxylic acids is 4. The summed E-state index contributed by atoms with van der Waals surface area (Å²) in [6.45, 7) is 7.31. The number of nitrogens with zero attached hydrogens (tertiary/aromatic N) is 1. The van der Waals surface area contributed by atoms with Crippen molar-refractivity contribution in [3.63, 3.8) is 0 Å². The van der Waals surface area contributed by atoms with Crippen molar-refractivity contribution in [2.75, 3.05) is 0 Å². The molecular weight excluding hydrogens is 437 g/mol. The molecule has 1 aliphatic rings. The van der Waals surface area contributed by atoms with Gasteiger partial charge in [0.1, 0.15) is 11.3 Å². The molecule has 2 rings (SSSR count). The lowest BCUT2D eigenvalue weighted by Crippen LogP contribution is -2.55. The highest BCUT2D eigenvalue weighted by molar-refractivity contribution is 6.17. The molecule has 1 aromatic heterocycles. The van der Waals surface area contributed by atoms with Crippen LogP contribution in [0.4, 0.5) is 18.0 Å². The monoisotopic (exact) mass is 460 g/mol. The predicted molar refractivity (Wildman–Crippen MR) is 101 cm³/mol. The lowest BCUT2D eigenvalue weighted by molar-refractivity contribution is -0.238. The van der Waals surface area contributed by atoms with E-state index < -0.39 is 59.0 Å². The second kappa shape index (κ2) is 8.75. The minimum Gasteiger partial charge on any atom is -0.444 e. The molecule has 176 valence electrons. The van der Waals surface area contributed by atoms with Gasteiger partial charge in [-0.25, -0.2) is 4.79 Å². The summed E-state index contributed by atoms with van der Waals surface area (Å²) in [7, 11) is 0. The normalized spacial score (nSPS) is 17.8. The summed E-state index contributed by atoms with van der Waals surface area (Å²) in [4.78, 5) is 53.0. The maximum atomic E-state index is 13.0. The van der Waals surface area contributed by atoms with E-state index in [1.807, 2.05) is 0 Å². The summed E-state index contributed by atoms with van der Waals surface area (Å²) in [5, 5.41) is 2.25. The van der Waals surface area contributed by atoms with E-state index in [9.17, 15) is 32.3 Å². The van der Waals surface area contributed by atoms with Crippen molar-refractivity contribution in [3.05, 3.63) is 29.6 Å². The third kappa shape index (κ3) is 6.66. The number of halogens is 3. The SMILES string of the molecule is CC(C)(C)OC(=O)NC(Cc1ccc(C(F)(F)F)nc1)C(=O)C1C(=O)OC(C)(C)OC1=O. The van der Waals surface area contributed by atoms with Gasteiger partial charge in [-0.2, -0.15) is 13.2 Å². The van der Waals surface area contributed by atoms with Gasteiger partial charge in [0.15, 0.2) is 5.78 Å². The number of ketones is 1. The second-order valence-corrected chi connectivity index (χ2v) is 8.53. The molecule has 2 heterocycles. The number of cyclic esters (lactones) is 2. The molecular formula is C20H23F3N2O7. The van der Waals surface area contributed by atoms with Crippen LogP contribution in [0.5, 0.6) is 0 Å². The highest BCUT2D eigenvalue weighted by atomic mass is 19.4. The molecule has 32 heavy (non-hydrogen) atoms. The van der Waals surface area contributed by atoms with E-state index in [0.29, 0.717) is 6.07 Å². The van der Waals surface area contributed by atoms with Crippen molar-refractivity contribution in [1.82, 2.24) is 10.3 Å². The number of pyridine rings is 1. The molecule has 1 aromatic rings. The van der Waals surface area contributed by atoms with Crippen molar-refractivity contribution in [1.29, 1.82) is 0 Å². The van der Waals surface area contributed by atoms with Crippen LogP contribution in [-0.4, -0.2) is 46.2 Å². The number of hydrogen-bond acceptors (Lipinski definition) is 8. The van der Waals surface area contributed by atoms with Crippen LogP contribution < -0.4 is 5.32 Å². The fraction of sp³-hybridized carbons (Fsp3) is 0.550. The lowest BCUT2D eigenvalue weighted by Gasteiger charge is -2.33. The van der Waals surface area contributed by atoms with E-state index in [2.05, 4.69) is 10.3 Å². The molecule has 12 heteroatoms. The number of aromatic nitrogens is 1. The number of carbonyl (C=O) groups is 4. The Morgan fingerprint density at radius 2 is 1.72 bits per heavy atom. The molecule has 0 radical (unpaired) electrons. The van der Waals surface area contributed by atoms with Crippen molar-refractivity contribution in [3.8, 4) is 0 Å². The Labute approximate surface area is 181 Å². The van der Waals surface area contributed by atoms with Crippen LogP contribution in [0, 0.1) is 5.92 Å². The van der Waals surface area contributed by atoms with Gasteiger partial charge in [-0.3, -0.25) is 19.4 Å². The van der Waals surface area contributed by atoms with E-state index in [4.69, 9.17) is 14.2 Å². The zero-order valence-corrected chi connectivity index (χ0v) is 18.0. The number of amides is 1. The summed E-state index contributed by atoms with van der Waals surface area (Å²) < 4.78 is 53.2. The Morgan fingerprint density at radius 1 is 1.16 bits per heavy atom. The molecule has 1 unspecified atom stereocenters. The van der Waals surface area contributed by atoms with Crippen molar-refractivity contribution < 1.29 is 46.6 Å². The minimum absolute atomic E-state index is 0.130. The van der Waals surface area contributed by atoms with Gasteiger partial charge >= 0.3 is 24.2 Å². The first kappa shape index (κ1) is 25.1. The summed E-state index contributed by atoms with van der Waals surface area (Å²) in [6, 6.07) is 0.249. The van der Waals surface area contributed by atoms with Crippen LogP contribution in [0.2, 0.25) is 0 Å². The summed E-state index contributed by atoms with van der Waals surface area (Å²) in [5.41, 5.74) is -1.95. The van der Waals surface area contributed by atoms with Gasteiger partial charge in [0.2, 0.25) is 5.92 Å². The smallest absolute Gasteiger partial charge is 0.433 e. The fourth-order valence-corrected chi connectivity index (χ4v) is 2.77. The maximum absolute atomic E-state index is 13.0. The van der Waals surface area contributed by atoms with Crippen LogP contribution in [0.25, 0.3) is 0 Å². The van der Waals surface area contributed by atoms with Crippen LogP contribution in [0.15, 0.2) is 18.3 Å². The van der Waals surface area contributed by atoms with Crippen molar-refractivity contribution in [2.24, 2.45) is 5.92 Å². The molecule has 0 saturated carbocycles.